The summed E-state index contributed by atoms with van der Waals surface area (Å²) >= 11 is 0. The first-order valence-corrected chi connectivity index (χ1v) is 4.72. The van der Waals surface area contributed by atoms with Crippen LogP contribution in [-0.2, 0) is 7.05 Å². The molecule has 1 heterocycles. The third kappa shape index (κ3) is 1.83. The normalized spacial score (nSPS) is 10.2. The number of rotatable bonds is 1. The Morgan fingerprint density at radius 2 is 2.00 bits per heavy atom. The highest BCUT2D eigenvalue weighted by Gasteiger charge is 2.14. The number of nitrogens with zero attached hydrogens (tertiary/aromatic N) is 3. The SMILES string of the molecule is Cn1nc(-c2cc(C#N)c(F)cc2F)cc1N. The number of aryl methyl sites for hydroxylation is 1. The molecule has 0 aliphatic rings. The Labute approximate surface area is 95.9 Å². The summed E-state index contributed by atoms with van der Waals surface area (Å²) < 4.78 is 28.0. The van der Waals surface area contributed by atoms with Crippen molar-refractivity contribution in [2.45, 2.75) is 0 Å². The van der Waals surface area contributed by atoms with Gasteiger partial charge in [0.1, 0.15) is 23.5 Å². The molecule has 6 heteroatoms. The van der Waals surface area contributed by atoms with E-state index in [0.717, 1.165) is 6.07 Å². The number of anilines is 1. The lowest BCUT2D eigenvalue weighted by atomic mass is 10.1. The van der Waals surface area contributed by atoms with Crippen LogP contribution in [0.25, 0.3) is 11.3 Å². The number of halogens is 2. The average molecular weight is 234 g/mol. The first kappa shape index (κ1) is 11.1. The Balaban J connectivity index is 2.63. The van der Waals surface area contributed by atoms with Crippen molar-refractivity contribution in [2.24, 2.45) is 7.05 Å². The van der Waals surface area contributed by atoms with Crippen LogP contribution < -0.4 is 5.73 Å². The van der Waals surface area contributed by atoms with Crippen LogP contribution in [0.2, 0.25) is 0 Å². The third-order valence-corrected chi connectivity index (χ3v) is 2.37. The van der Waals surface area contributed by atoms with E-state index in [1.54, 1.807) is 13.1 Å². The Bertz CT molecular complexity index is 606. The van der Waals surface area contributed by atoms with Gasteiger partial charge in [-0.3, -0.25) is 4.68 Å². The van der Waals surface area contributed by atoms with Crippen molar-refractivity contribution in [1.82, 2.24) is 9.78 Å². The second-order valence-corrected chi connectivity index (χ2v) is 3.50. The molecule has 0 unspecified atom stereocenters. The number of benzene rings is 1. The number of hydrogen-bond acceptors (Lipinski definition) is 3. The zero-order valence-corrected chi connectivity index (χ0v) is 8.91. The van der Waals surface area contributed by atoms with Crippen molar-refractivity contribution in [2.75, 3.05) is 5.73 Å². The minimum Gasteiger partial charge on any atom is -0.384 e. The molecule has 0 fully saturated rings. The van der Waals surface area contributed by atoms with Crippen molar-refractivity contribution >= 4 is 5.82 Å². The van der Waals surface area contributed by atoms with E-state index in [1.165, 1.54) is 10.7 Å². The van der Waals surface area contributed by atoms with E-state index in [2.05, 4.69) is 5.10 Å². The molecule has 0 bridgehead atoms. The fraction of sp³-hybridized carbons (Fsp3) is 0.0909. The van der Waals surface area contributed by atoms with E-state index in [9.17, 15) is 8.78 Å². The van der Waals surface area contributed by atoms with Gasteiger partial charge in [0.25, 0.3) is 0 Å². The van der Waals surface area contributed by atoms with Gasteiger partial charge in [-0.2, -0.15) is 10.4 Å². The number of nitriles is 1. The van der Waals surface area contributed by atoms with Crippen LogP contribution in [0.4, 0.5) is 14.6 Å². The highest BCUT2D eigenvalue weighted by Crippen LogP contribution is 2.25. The molecule has 2 rings (SSSR count). The molecule has 1 aromatic carbocycles. The lowest BCUT2D eigenvalue weighted by Crippen LogP contribution is -1.97. The van der Waals surface area contributed by atoms with Crippen molar-refractivity contribution in [1.29, 1.82) is 5.26 Å². The van der Waals surface area contributed by atoms with Crippen LogP contribution in [0, 0.1) is 23.0 Å². The molecular formula is C11H8F2N4. The van der Waals surface area contributed by atoms with Crippen LogP contribution in [0.5, 0.6) is 0 Å². The van der Waals surface area contributed by atoms with E-state index < -0.39 is 11.6 Å². The molecule has 17 heavy (non-hydrogen) atoms. The quantitative estimate of drug-likeness (QED) is 0.818. The van der Waals surface area contributed by atoms with Gasteiger partial charge in [-0.15, -0.1) is 0 Å². The van der Waals surface area contributed by atoms with Crippen LogP contribution in [-0.4, -0.2) is 9.78 Å². The molecule has 0 atom stereocenters. The van der Waals surface area contributed by atoms with Crippen LogP contribution >= 0.6 is 0 Å². The lowest BCUT2D eigenvalue weighted by molar-refractivity contribution is 0.582. The Morgan fingerprint density at radius 3 is 2.53 bits per heavy atom. The average Bonchev–Trinajstić information content (AvgIpc) is 2.59. The van der Waals surface area contributed by atoms with E-state index >= 15 is 0 Å². The van der Waals surface area contributed by atoms with E-state index in [4.69, 9.17) is 11.0 Å². The number of nitrogen functional groups attached to an aromatic ring is 1. The first-order chi connectivity index (χ1) is 8.02. The summed E-state index contributed by atoms with van der Waals surface area (Å²) in [5, 5.41) is 12.6. The molecule has 0 aliphatic carbocycles. The van der Waals surface area contributed by atoms with Gasteiger partial charge in [-0.25, -0.2) is 8.78 Å². The van der Waals surface area contributed by atoms with E-state index in [-0.39, 0.29) is 16.8 Å². The van der Waals surface area contributed by atoms with Gasteiger partial charge in [0.05, 0.1) is 11.3 Å². The van der Waals surface area contributed by atoms with Gasteiger partial charge < -0.3 is 5.73 Å². The fourth-order valence-electron chi connectivity index (χ4n) is 1.44. The standard InChI is InChI=1S/C11H8F2N4/c1-17-11(15)4-10(16-17)7-2-6(5-14)8(12)3-9(7)13/h2-4H,15H2,1H3. The summed E-state index contributed by atoms with van der Waals surface area (Å²) in [7, 11) is 1.60. The predicted molar refractivity (Wildman–Crippen MR) is 57.7 cm³/mol. The Hall–Kier alpha value is -2.42. The maximum atomic E-state index is 13.6. The molecule has 1 aromatic heterocycles. The fourth-order valence-corrected chi connectivity index (χ4v) is 1.44. The van der Waals surface area contributed by atoms with Gasteiger partial charge in [0.15, 0.2) is 0 Å². The molecule has 4 nitrogen and oxygen atoms in total. The Morgan fingerprint density at radius 1 is 1.29 bits per heavy atom. The molecule has 2 aromatic rings. The summed E-state index contributed by atoms with van der Waals surface area (Å²) in [4.78, 5) is 0. The number of nitrogens with two attached hydrogens (primary N) is 1. The minimum absolute atomic E-state index is 0.0512. The molecule has 0 aliphatic heterocycles. The lowest BCUT2D eigenvalue weighted by Gasteiger charge is -2.01. The van der Waals surface area contributed by atoms with Crippen molar-refractivity contribution in [3.05, 3.63) is 35.4 Å². The zero-order valence-electron chi connectivity index (χ0n) is 8.91. The van der Waals surface area contributed by atoms with Gasteiger partial charge in [0, 0.05) is 24.7 Å². The molecule has 0 saturated carbocycles. The minimum atomic E-state index is -0.891. The Kier molecular flexibility index (Phi) is 2.52. The monoisotopic (exact) mass is 234 g/mol. The van der Waals surface area contributed by atoms with Gasteiger partial charge in [0.2, 0.25) is 0 Å². The van der Waals surface area contributed by atoms with E-state index in [0.29, 0.717) is 11.9 Å². The highest BCUT2D eigenvalue weighted by molar-refractivity contribution is 5.65. The molecule has 0 spiro atoms. The maximum absolute atomic E-state index is 13.6. The summed E-state index contributed by atoms with van der Waals surface area (Å²) in [6.45, 7) is 0. The van der Waals surface area contributed by atoms with Crippen molar-refractivity contribution in [3.63, 3.8) is 0 Å². The van der Waals surface area contributed by atoms with Gasteiger partial charge in [-0.05, 0) is 6.07 Å². The maximum Gasteiger partial charge on any atom is 0.143 e. The number of hydrogen-bond donors (Lipinski definition) is 1. The summed E-state index contributed by atoms with van der Waals surface area (Å²) in [5.74, 6) is -1.32. The topological polar surface area (TPSA) is 67.6 Å². The van der Waals surface area contributed by atoms with Crippen LogP contribution in [0.15, 0.2) is 18.2 Å². The van der Waals surface area contributed by atoms with Gasteiger partial charge >= 0.3 is 0 Å². The second kappa shape index (κ2) is 3.87. The smallest absolute Gasteiger partial charge is 0.143 e. The van der Waals surface area contributed by atoms with Crippen molar-refractivity contribution in [3.8, 4) is 17.3 Å². The summed E-state index contributed by atoms with van der Waals surface area (Å²) in [6, 6.07) is 4.89. The predicted octanol–water partition coefficient (Wildman–Crippen LogP) is 1.82. The molecule has 86 valence electrons. The number of aromatic nitrogens is 2. The van der Waals surface area contributed by atoms with Crippen LogP contribution in [0.1, 0.15) is 5.56 Å². The molecule has 2 N–H and O–H groups in total. The van der Waals surface area contributed by atoms with E-state index in [1.807, 2.05) is 0 Å². The third-order valence-electron chi connectivity index (χ3n) is 2.37. The summed E-state index contributed by atoms with van der Waals surface area (Å²) in [5.41, 5.74) is 5.65. The largest absolute Gasteiger partial charge is 0.384 e. The molecular weight excluding hydrogens is 226 g/mol. The van der Waals surface area contributed by atoms with Crippen LogP contribution in [0.3, 0.4) is 0 Å². The second-order valence-electron chi connectivity index (χ2n) is 3.50. The highest BCUT2D eigenvalue weighted by atomic mass is 19.1. The molecule has 0 radical (unpaired) electrons. The zero-order chi connectivity index (χ0) is 12.6. The van der Waals surface area contributed by atoms with Gasteiger partial charge in [-0.1, -0.05) is 0 Å². The molecule has 0 saturated heterocycles. The summed E-state index contributed by atoms with van der Waals surface area (Å²) in [6.07, 6.45) is 0. The van der Waals surface area contributed by atoms with Crippen molar-refractivity contribution < 1.29 is 8.78 Å². The first-order valence-electron chi connectivity index (χ1n) is 4.72. The molecule has 0 amide bonds.